The second kappa shape index (κ2) is 5.63. The molecule has 1 aromatic heterocycles. The van der Waals surface area contributed by atoms with Crippen LogP contribution >= 0.6 is 0 Å². The topological polar surface area (TPSA) is 24.9 Å². The number of nitrogens with zero attached hydrogens (tertiary/aromatic N) is 1. The maximum absolute atomic E-state index is 12.9. The molecule has 3 heteroatoms. The van der Waals surface area contributed by atoms with E-state index in [2.05, 4.69) is 10.3 Å². The fourth-order valence-corrected chi connectivity index (χ4v) is 1.84. The molecule has 0 aliphatic carbocycles. The molecule has 0 radical (unpaired) electrons. The lowest BCUT2D eigenvalue weighted by Gasteiger charge is -2.08. The summed E-state index contributed by atoms with van der Waals surface area (Å²) >= 11 is 0. The molecule has 2 aromatic rings. The molecule has 1 heterocycles. The Hall–Kier alpha value is -1.90. The predicted octanol–water partition coefficient (Wildman–Crippen LogP) is 3.49. The van der Waals surface area contributed by atoms with Gasteiger partial charge in [-0.3, -0.25) is 0 Å². The van der Waals surface area contributed by atoms with E-state index in [0.717, 1.165) is 35.5 Å². The molecule has 0 saturated carbocycles. The van der Waals surface area contributed by atoms with Crippen molar-refractivity contribution in [3.05, 3.63) is 59.0 Å². The van der Waals surface area contributed by atoms with Crippen LogP contribution in [0, 0.1) is 19.7 Å². The monoisotopic (exact) mass is 244 g/mol. The van der Waals surface area contributed by atoms with Crippen molar-refractivity contribution in [1.82, 2.24) is 4.98 Å². The van der Waals surface area contributed by atoms with Gasteiger partial charge < -0.3 is 5.32 Å². The minimum Gasteiger partial charge on any atom is -0.370 e. The zero-order valence-corrected chi connectivity index (χ0v) is 10.7. The number of nitrogens with one attached hydrogen (secondary N) is 1. The molecule has 94 valence electrons. The molecule has 18 heavy (non-hydrogen) atoms. The number of aryl methyl sites for hydroxylation is 2. The number of hydrogen-bond acceptors (Lipinski definition) is 2. The largest absolute Gasteiger partial charge is 0.370 e. The maximum Gasteiger partial charge on any atom is 0.125 e. The smallest absolute Gasteiger partial charge is 0.125 e. The van der Waals surface area contributed by atoms with Crippen LogP contribution < -0.4 is 5.32 Å². The Kier molecular flexibility index (Phi) is 3.92. The van der Waals surface area contributed by atoms with Crippen LogP contribution in [0.1, 0.15) is 16.7 Å². The van der Waals surface area contributed by atoms with Gasteiger partial charge in [0.1, 0.15) is 11.6 Å². The van der Waals surface area contributed by atoms with Gasteiger partial charge in [-0.2, -0.15) is 0 Å². The minimum absolute atomic E-state index is 0.176. The highest BCUT2D eigenvalue weighted by atomic mass is 19.1. The van der Waals surface area contributed by atoms with Crippen LogP contribution in [0.5, 0.6) is 0 Å². The number of halogens is 1. The molecule has 0 aliphatic rings. The van der Waals surface area contributed by atoms with E-state index in [4.69, 9.17) is 0 Å². The first-order chi connectivity index (χ1) is 8.65. The Balaban J connectivity index is 1.90. The van der Waals surface area contributed by atoms with Crippen LogP contribution in [0.2, 0.25) is 0 Å². The molecule has 0 aliphatic heterocycles. The standard InChI is InChI=1S/C15H17FN2/c1-11-3-6-15(18-10-11)17-8-7-13-4-5-14(16)9-12(13)2/h3-6,9-10H,7-8H2,1-2H3,(H,17,18). The fourth-order valence-electron chi connectivity index (χ4n) is 1.84. The van der Waals surface area contributed by atoms with Crippen LogP contribution in [0.15, 0.2) is 36.5 Å². The predicted molar refractivity (Wildman–Crippen MR) is 72.3 cm³/mol. The summed E-state index contributed by atoms with van der Waals surface area (Å²) in [4.78, 5) is 4.27. The normalized spacial score (nSPS) is 10.4. The molecule has 0 spiro atoms. The summed E-state index contributed by atoms with van der Waals surface area (Å²) < 4.78 is 12.9. The van der Waals surface area contributed by atoms with Crippen molar-refractivity contribution >= 4 is 5.82 Å². The molecular formula is C15H17FN2. The summed E-state index contributed by atoms with van der Waals surface area (Å²) in [5.41, 5.74) is 3.31. The quantitative estimate of drug-likeness (QED) is 0.890. The van der Waals surface area contributed by atoms with Gasteiger partial charge in [0.2, 0.25) is 0 Å². The van der Waals surface area contributed by atoms with Crippen molar-refractivity contribution in [3.63, 3.8) is 0 Å². The van der Waals surface area contributed by atoms with Crippen molar-refractivity contribution in [2.75, 3.05) is 11.9 Å². The first kappa shape index (κ1) is 12.6. The van der Waals surface area contributed by atoms with Gasteiger partial charge in [0.15, 0.2) is 0 Å². The van der Waals surface area contributed by atoms with Gasteiger partial charge in [-0.1, -0.05) is 12.1 Å². The number of hydrogen-bond donors (Lipinski definition) is 1. The van der Waals surface area contributed by atoms with E-state index >= 15 is 0 Å². The lowest BCUT2D eigenvalue weighted by molar-refractivity contribution is 0.625. The number of pyridine rings is 1. The van der Waals surface area contributed by atoms with Gasteiger partial charge in [0, 0.05) is 12.7 Å². The molecule has 0 saturated heterocycles. The molecule has 2 rings (SSSR count). The zero-order valence-electron chi connectivity index (χ0n) is 10.7. The highest BCUT2D eigenvalue weighted by Gasteiger charge is 2.00. The Morgan fingerprint density at radius 1 is 1.17 bits per heavy atom. The van der Waals surface area contributed by atoms with E-state index in [0.29, 0.717) is 0 Å². The van der Waals surface area contributed by atoms with Gasteiger partial charge in [-0.25, -0.2) is 9.37 Å². The van der Waals surface area contributed by atoms with Crippen LogP contribution in [0.25, 0.3) is 0 Å². The van der Waals surface area contributed by atoms with E-state index in [1.807, 2.05) is 38.2 Å². The Labute approximate surface area is 107 Å². The van der Waals surface area contributed by atoms with Gasteiger partial charge >= 0.3 is 0 Å². The average Bonchev–Trinajstić information content (AvgIpc) is 2.34. The van der Waals surface area contributed by atoms with Crippen molar-refractivity contribution in [1.29, 1.82) is 0 Å². The summed E-state index contributed by atoms with van der Waals surface area (Å²) in [6.07, 6.45) is 2.70. The molecule has 0 bridgehead atoms. The third kappa shape index (κ3) is 3.29. The second-order valence-corrected chi connectivity index (χ2v) is 4.47. The maximum atomic E-state index is 12.9. The van der Waals surface area contributed by atoms with Crippen LogP contribution in [-0.2, 0) is 6.42 Å². The summed E-state index contributed by atoms with van der Waals surface area (Å²) in [5.74, 6) is 0.699. The van der Waals surface area contributed by atoms with Crippen molar-refractivity contribution in [3.8, 4) is 0 Å². The SMILES string of the molecule is Cc1ccc(NCCc2ccc(F)cc2C)nc1. The number of benzene rings is 1. The van der Waals surface area contributed by atoms with Gasteiger partial charge in [-0.15, -0.1) is 0 Å². The summed E-state index contributed by atoms with van der Waals surface area (Å²) in [6, 6.07) is 8.91. The van der Waals surface area contributed by atoms with Crippen molar-refractivity contribution in [2.24, 2.45) is 0 Å². The molecule has 0 fully saturated rings. The summed E-state index contributed by atoms with van der Waals surface area (Å²) in [6.45, 7) is 4.74. The average molecular weight is 244 g/mol. The van der Waals surface area contributed by atoms with Crippen LogP contribution in [0.3, 0.4) is 0 Å². The van der Waals surface area contributed by atoms with Gasteiger partial charge in [0.25, 0.3) is 0 Å². The third-order valence-corrected chi connectivity index (χ3v) is 2.92. The molecule has 1 N–H and O–H groups in total. The highest BCUT2D eigenvalue weighted by Crippen LogP contribution is 2.11. The van der Waals surface area contributed by atoms with Crippen LogP contribution in [0.4, 0.5) is 10.2 Å². The molecule has 0 atom stereocenters. The lowest BCUT2D eigenvalue weighted by Crippen LogP contribution is -2.07. The summed E-state index contributed by atoms with van der Waals surface area (Å²) in [7, 11) is 0. The van der Waals surface area contributed by atoms with E-state index < -0.39 is 0 Å². The zero-order chi connectivity index (χ0) is 13.0. The van der Waals surface area contributed by atoms with E-state index in [-0.39, 0.29) is 5.82 Å². The Bertz CT molecular complexity index is 521. The van der Waals surface area contributed by atoms with E-state index in [9.17, 15) is 4.39 Å². The van der Waals surface area contributed by atoms with E-state index in [1.54, 1.807) is 6.07 Å². The van der Waals surface area contributed by atoms with Gasteiger partial charge in [0.05, 0.1) is 0 Å². The minimum atomic E-state index is -0.176. The molecule has 0 unspecified atom stereocenters. The Morgan fingerprint density at radius 3 is 2.67 bits per heavy atom. The first-order valence-corrected chi connectivity index (χ1v) is 6.07. The third-order valence-electron chi connectivity index (χ3n) is 2.92. The van der Waals surface area contributed by atoms with Crippen molar-refractivity contribution in [2.45, 2.75) is 20.3 Å². The molecule has 0 amide bonds. The fraction of sp³-hybridized carbons (Fsp3) is 0.267. The highest BCUT2D eigenvalue weighted by molar-refractivity contribution is 5.36. The van der Waals surface area contributed by atoms with Crippen molar-refractivity contribution < 1.29 is 4.39 Å². The summed E-state index contributed by atoms with van der Waals surface area (Å²) in [5, 5.41) is 3.26. The number of rotatable bonds is 4. The van der Waals surface area contributed by atoms with E-state index in [1.165, 1.54) is 6.07 Å². The molecule has 2 nitrogen and oxygen atoms in total. The molecule has 1 aromatic carbocycles. The second-order valence-electron chi connectivity index (χ2n) is 4.47. The van der Waals surface area contributed by atoms with Crippen LogP contribution in [-0.4, -0.2) is 11.5 Å². The number of aromatic nitrogens is 1. The van der Waals surface area contributed by atoms with Gasteiger partial charge in [-0.05, 0) is 55.2 Å². The number of anilines is 1. The molecular weight excluding hydrogens is 227 g/mol. The lowest BCUT2D eigenvalue weighted by atomic mass is 10.1. The Morgan fingerprint density at radius 2 is 2.00 bits per heavy atom. The first-order valence-electron chi connectivity index (χ1n) is 6.07.